The molecule has 2 fully saturated rings. The molecule has 2 aliphatic rings. The second-order valence-electron chi connectivity index (χ2n) is 9.51. The van der Waals surface area contributed by atoms with Crippen molar-refractivity contribution in [3.63, 3.8) is 0 Å². The Labute approximate surface area is 185 Å². The van der Waals surface area contributed by atoms with Crippen molar-refractivity contribution in [1.82, 2.24) is 0 Å². The molecule has 0 amide bonds. The van der Waals surface area contributed by atoms with E-state index in [-0.39, 0.29) is 5.92 Å². The largest absolute Gasteiger partial charge is 0.481 e. The lowest BCUT2D eigenvalue weighted by Gasteiger charge is -2.33. The number of hydrogen-bond donors (Lipinski definition) is 1. The fraction of sp³-hybridized carbons (Fsp3) is 0.654. The van der Waals surface area contributed by atoms with Crippen LogP contribution >= 0.6 is 15.9 Å². The molecule has 0 aromatic heterocycles. The summed E-state index contributed by atoms with van der Waals surface area (Å²) in [6, 6.07) is 8.80. The van der Waals surface area contributed by atoms with Gasteiger partial charge in [-0.2, -0.15) is 0 Å². The van der Waals surface area contributed by atoms with Crippen LogP contribution in [-0.2, 0) is 11.2 Å². The number of hydrogen-bond acceptors (Lipinski definition) is 1. The van der Waals surface area contributed by atoms with Crippen molar-refractivity contribution in [2.24, 2.45) is 29.6 Å². The third kappa shape index (κ3) is 6.98. The van der Waals surface area contributed by atoms with Gasteiger partial charge in [0.1, 0.15) is 0 Å². The van der Waals surface area contributed by atoms with Gasteiger partial charge in [-0.05, 0) is 67.1 Å². The highest BCUT2D eigenvalue weighted by Gasteiger charge is 2.30. The van der Waals surface area contributed by atoms with Gasteiger partial charge in [0.2, 0.25) is 0 Å². The van der Waals surface area contributed by atoms with E-state index in [4.69, 9.17) is 0 Å². The molecule has 0 heterocycles. The van der Waals surface area contributed by atoms with Gasteiger partial charge in [-0.1, -0.05) is 85.5 Å². The SMILES string of the molecule is C=CC(C(=O)O)C1CCC(CCC2CCC(CCc3ccc(Br)cc3)CC2)CC1. The Kier molecular flexibility index (Phi) is 8.84. The number of aryl methyl sites for hydroxylation is 1. The van der Waals surface area contributed by atoms with Crippen molar-refractivity contribution < 1.29 is 9.90 Å². The summed E-state index contributed by atoms with van der Waals surface area (Å²) in [5.41, 5.74) is 1.47. The Morgan fingerprint density at radius 2 is 1.41 bits per heavy atom. The van der Waals surface area contributed by atoms with Gasteiger partial charge in [-0.3, -0.25) is 4.79 Å². The maximum atomic E-state index is 11.3. The second-order valence-corrected chi connectivity index (χ2v) is 10.4. The molecule has 3 heteroatoms. The first-order valence-corrected chi connectivity index (χ1v) is 12.4. The first-order chi connectivity index (χ1) is 14.0. The van der Waals surface area contributed by atoms with E-state index in [0.29, 0.717) is 5.92 Å². The van der Waals surface area contributed by atoms with E-state index < -0.39 is 5.97 Å². The van der Waals surface area contributed by atoms with Crippen LogP contribution < -0.4 is 0 Å². The molecule has 1 atom stereocenters. The minimum atomic E-state index is -0.694. The Balaban J connectivity index is 1.30. The zero-order valence-corrected chi connectivity index (χ0v) is 19.3. The summed E-state index contributed by atoms with van der Waals surface area (Å²) >= 11 is 3.51. The van der Waals surface area contributed by atoms with Gasteiger partial charge < -0.3 is 5.11 Å². The zero-order chi connectivity index (χ0) is 20.6. The van der Waals surface area contributed by atoms with E-state index in [0.717, 1.165) is 35.1 Å². The molecule has 0 saturated heterocycles. The van der Waals surface area contributed by atoms with Crippen LogP contribution in [0.1, 0.15) is 76.2 Å². The average molecular weight is 461 g/mol. The highest BCUT2D eigenvalue weighted by atomic mass is 79.9. The molecule has 1 aromatic carbocycles. The average Bonchev–Trinajstić information content (AvgIpc) is 2.74. The zero-order valence-electron chi connectivity index (χ0n) is 17.7. The second kappa shape index (κ2) is 11.3. The molecule has 1 unspecified atom stereocenters. The van der Waals surface area contributed by atoms with Crippen molar-refractivity contribution in [3.05, 3.63) is 47.0 Å². The first kappa shape index (κ1) is 22.6. The number of halogens is 1. The van der Waals surface area contributed by atoms with Gasteiger partial charge in [0.05, 0.1) is 5.92 Å². The molecular weight excluding hydrogens is 424 g/mol. The van der Waals surface area contributed by atoms with Crippen LogP contribution in [0.3, 0.4) is 0 Å². The molecule has 2 saturated carbocycles. The molecule has 160 valence electrons. The van der Waals surface area contributed by atoms with Crippen LogP contribution in [0.25, 0.3) is 0 Å². The third-order valence-electron chi connectivity index (χ3n) is 7.64. The van der Waals surface area contributed by atoms with Crippen molar-refractivity contribution >= 4 is 21.9 Å². The maximum absolute atomic E-state index is 11.3. The predicted octanol–water partition coefficient (Wildman–Crippen LogP) is 7.66. The molecule has 1 N–H and O–H groups in total. The summed E-state index contributed by atoms with van der Waals surface area (Å²) in [4.78, 5) is 11.3. The molecule has 0 spiro atoms. The minimum absolute atomic E-state index is 0.308. The summed E-state index contributed by atoms with van der Waals surface area (Å²) in [6.07, 6.45) is 17.1. The summed E-state index contributed by atoms with van der Waals surface area (Å²) in [5.74, 6) is 1.93. The van der Waals surface area contributed by atoms with Crippen LogP contribution in [0, 0.1) is 29.6 Å². The lowest BCUT2D eigenvalue weighted by atomic mass is 9.72. The summed E-state index contributed by atoms with van der Waals surface area (Å²) in [6.45, 7) is 3.73. The maximum Gasteiger partial charge on any atom is 0.310 e. The van der Waals surface area contributed by atoms with E-state index in [1.807, 2.05) is 0 Å². The molecule has 2 aliphatic carbocycles. The fourth-order valence-electron chi connectivity index (χ4n) is 5.63. The van der Waals surface area contributed by atoms with E-state index in [1.165, 1.54) is 69.8 Å². The van der Waals surface area contributed by atoms with Gasteiger partial charge >= 0.3 is 5.97 Å². The Bertz CT molecular complexity index is 637. The molecule has 29 heavy (non-hydrogen) atoms. The van der Waals surface area contributed by atoms with E-state index in [1.54, 1.807) is 6.08 Å². The van der Waals surface area contributed by atoms with Crippen LogP contribution in [0.4, 0.5) is 0 Å². The molecule has 1 aromatic rings. The van der Waals surface area contributed by atoms with E-state index in [9.17, 15) is 9.90 Å². The molecular formula is C26H37BrO2. The lowest BCUT2D eigenvalue weighted by molar-refractivity contribution is -0.142. The number of carboxylic acids is 1. The number of rotatable bonds is 9. The van der Waals surface area contributed by atoms with Crippen LogP contribution in [0.15, 0.2) is 41.4 Å². The Morgan fingerprint density at radius 3 is 1.90 bits per heavy atom. The van der Waals surface area contributed by atoms with Crippen molar-refractivity contribution in [2.45, 2.75) is 77.0 Å². The fourth-order valence-corrected chi connectivity index (χ4v) is 5.90. The van der Waals surface area contributed by atoms with E-state index >= 15 is 0 Å². The van der Waals surface area contributed by atoms with Gasteiger partial charge in [-0.15, -0.1) is 6.58 Å². The highest BCUT2D eigenvalue weighted by molar-refractivity contribution is 9.10. The summed E-state index contributed by atoms with van der Waals surface area (Å²) in [7, 11) is 0. The Morgan fingerprint density at radius 1 is 0.931 bits per heavy atom. The molecule has 0 aliphatic heterocycles. The Hall–Kier alpha value is -1.09. The monoisotopic (exact) mass is 460 g/mol. The molecule has 0 bridgehead atoms. The molecule has 0 radical (unpaired) electrons. The van der Waals surface area contributed by atoms with Gasteiger partial charge in [0, 0.05) is 4.47 Å². The standard InChI is InChI=1S/C26H37BrO2/c1-2-25(26(28)29)23-15-11-21(12-16-23)9-7-19-3-5-20(6-4-19)8-10-22-13-17-24(27)18-14-22/h2,13-14,17-21,23,25H,1,3-12,15-16H2,(H,28,29). The summed E-state index contributed by atoms with van der Waals surface area (Å²) < 4.78 is 1.16. The molecule has 2 nitrogen and oxygen atoms in total. The van der Waals surface area contributed by atoms with Gasteiger partial charge in [0.25, 0.3) is 0 Å². The van der Waals surface area contributed by atoms with Gasteiger partial charge in [-0.25, -0.2) is 0 Å². The van der Waals surface area contributed by atoms with Crippen LogP contribution in [0.5, 0.6) is 0 Å². The topological polar surface area (TPSA) is 37.3 Å². The number of benzene rings is 1. The number of carbonyl (C=O) groups is 1. The molecule has 3 rings (SSSR count). The summed E-state index contributed by atoms with van der Waals surface area (Å²) in [5, 5.41) is 9.33. The van der Waals surface area contributed by atoms with Crippen LogP contribution in [0.2, 0.25) is 0 Å². The number of carboxylic acid groups (broad SMARTS) is 1. The van der Waals surface area contributed by atoms with E-state index in [2.05, 4.69) is 46.8 Å². The van der Waals surface area contributed by atoms with Gasteiger partial charge in [0.15, 0.2) is 0 Å². The van der Waals surface area contributed by atoms with Crippen molar-refractivity contribution in [3.8, 4) is 0 Å². The predicted molar refractivity (Wildman–Crippen MR) is 124 cm³/mol. The first-order valence-electron chi connectivity index (χ1n) is 11.6. The number of aliphatic carboxylic acids is 1. The lowest BCUT2D eigenvalue weighted by Crippen LogP contribution is -2.26. The third-order valence-corrected chi connectivity index (χ3v) is 8.17. The quantitative estimate of drug-likeness (QED) is 0.383. The normalized spacial score (nSPS) is 28.6. The minimum Gasteiger partial charge on any atom is -0.481 e. The highest BCUT2D eigenvalue weighted by Crippen LogP contribution is 2.39. The van der Waals surface area contributed by atoms with Crippen molar-refractivity contribution in [1.29, 1.82) is 0 Å². The van der Waals surface area contributed by atoms with Crippen molar-refractivity contribution in [2.75, 3.05) is 0 Å². The smallest absolute Gasteiger partial charge is 0.310 e. The van der Waals surface area contributed by atoms with Crippen LogP contribution in [-0.4, -0.2) is 11.1 Å².